The first kappa shape index (κ1) is 16.8. The molecule has 0 aliphatic rings. The largest absolute Gasteiger partial charge is 0.472 e. The molecule has 0 saturated heterocycles. The van der Waals surface area contributed by atoms with E-state index in [4.69, 9.17) is 4.42 Å². The van der Waals surface area contributed by atoms with Gasteiger partial charge in [-0.05, 0) is 36.2 Å². The predicted octanol–water partition coefficient (Wildman–Crippen LogP) is 3.23. The molecule has 0 aliphatic carbocycles. The van der Waals surface area contributed by atoms with Crippen LogP contribution in [0, 0.1) is 0 Å². The molecule has 0 radical (unpaired) electrons. The number of pyridine rings is 1. The third kappa shape index (κ3) is 3.52. The maximum absolute atomic E-state index is 12.6. The summed E-state index contributed by atoms with van der Waals surface area (Å²) < 4.78 is 5.09. The molecule has 4 rings (SSSR count). The van der Waals surface area contributed by atoms with Gasteiger partial charge in [-0.15, -0.1) is 0 Å². The van der Waals surface area contributed by atoms with Gasteiger partial charge in [0.25, 0.3) is 5.91 Å². The summed E-state index contributed by atoms with van der Waals surface area (Å²) in [6.07, 6.45) is 5.52. The van der Waals surface area contributed by atoms with Crippen LogP contribution in [0.15, 0.2) is 59.5 Å². The monoisotopic (exact) mass is 361 g/mol. The zero-order chi connectivity index (χ0) is 18.6. The number of carbonyl (C=O) groups excluding carboxylic acids is 1. The summed E-state index contributed by atoms with van der Waals surface area (Å²) in [4.78, 5) is 24.5. The first-order valence-electron chi connectivity index (χ1n) is 8.67. The van der Waals surface area contributed by atoms with Gasteiger partial charge in [-0.25, -0.2) is 9.97 Å². The molecule has 0 unspecified atom stereocenters. The second-order valence-corrected chi connectivity index (χ2v) is 6.11. The Morgan fingerprint density at radius 2 is 2.04 bits per heavy atom. The van der Waals surface area contributed by atoms with Crippen LogP contribution in [0.5, 0.6) is 0 Å². The first-order valence-corrected chi connectivity index (χ1v) is 8.67. The molecule has 0 fully saturated rings. The number of carbonyl (C=O) groups is 1. The van der Waals surface area contributed by atoms with E-state index < -0.39 is 0 Å². The van der Waals surface area contributed by atoms with Crippen LogP contribution in [-0.2, 0) is 6.42 Å². The fourth-order valence-electron chi connectivity index (χ4n) is 2.89. The number of anilines is 1. The second-order valence-electron chi connectivity index (χ2n) is 6.11. The molecule has 1 aromatic carbocycles. The number of hydrogen-bond acceptors (Lipinski definition) is 5. The summed E-state index contributed by atoms with van der Waals surface area (Å²) in [5, 5.41) is 6.05. The molecule has 7 nitrogen and oxygen atoms in total. The Bertz CT molecular complexity index is 1050. The van der Waals surface area contributed by atoms with Crippen LogP contribution in [0.2, 0.25) is 0 Å². The van der Waals surface area contributed by atoms with Gasteiger partial charge in [-0.1, -0.05) is 12.1 Å². The van der Waals surface area contributed by atoms with Crippen LogP contribution in [0.3, 0.4) is 0 Å². The van der Waals surface area contributed by atoms with E-state index in [-0.39, 0.29) is 5.91 Å². The number of aromatic amines is 1. The fraction of sp³-hybridized carbons (Fsp3) is 0.150. The van der Waals surface area contributed by atoms with Crippen molar-refractivity contribution in [3.8, 4) is 11.4 Å². The van der Waals surface area contributed by atoms with Gasteiger partial charge in [-0.2, -0.15) is 0 Å². The molecule has 136 valence electrons. The molecule has 3 heterocycles. The molecular formula is C20H19N5O2. The number of furan rings is 1. The number of benzene rings is 1. The minimum Gasteiger partial charge on any atom is -0.472 e. The topological polar surface area (TPSA) is 95.8 Å². The zero-order valence-electron chi connectivity index (χ0n) is 14.8. The molecule has 4 aromatic rings. The highest BCUT2D eigenvalue weighted by Crippen LogP contribution is 2.21. The Morgan fingerprint density at radius 3 is 2.78 bits per heavy atom. The van der Waals surface area contributed by atoms with E-state index in [0.717, 1.165) is 23.2 Å². The summed E-state index contributed by atoms with van der Waals surface area (Å²) >= 11 is 0. The number of fused-ring (bicyclic) bond motifs is 1. The number of imidazole rings is 1. The normalized spacial score (nSPS) is 10.9. The van der Waals surface area contributed by atoms with Crippen LogP contribution in [0.25, 0.3) is 22.6 Å². The van der Waals surface area contributed by atoms with Crippen molar-refractivity contribution in [2.45, 2.75) is 6.42 Å². The molecule has 27 heavy (non-hydrogen) atoms. The van der Waals surface area contributed by atoms with Crippen LogP contribution in [0.1, 0.15) is 15.9 Å². The lowest BCUT2D eigenvalue weighted by Crippen LogP contribution is -2.26. The van der Waals surface area contributed by atoms with E-state index in [1.807, 2.05) is 19.2 Å². The van der Waals surface area contributed by atoms with Gasteiger partial charge < -0.3 is 20.0 Å². The molecule has 0 atom stereocenters. The van der Waals surface area contributed by atoms with Crippen molar-refractivity contribution in [1.29, 1.82) is 0 Å². The molecular weight excluding hydrogens is 342 g/mol. The van der Waals surface area contributed by atoms with E-state index in [1.54, 1.807) is 30.9 Å². The van der Waals surface area contributed by atoms with Crippen molar-refractivity contribution >= 4 is 22.8 Å². The molecule has 0 bridgehead atoms. The SMILES string of the molecule is CNc1ccc(CCNC(=O)c2ccnc3nc(-c4ccoc4)[nH]c23)cc1. The molecule has 3 aromatic heterocycles. The highest BCUT2D eigenvalue weighted by molar-refractivity contribution is 6.04. The van der Waals surface area contributed by atoms with Gasteiger partial charge in [0.2, 0.25) is 0 Å². The maximum Gasteiger partial charge on any atom is 0.253 e. The molecule has 7 heteroatoms. The predicted molar refractivity (Wildman–Crippen MR) is 104 cm³/mol. The van der Waals surface area contributed by atoms with E-state index in [2.05, 4.69) is 37.7 Å². The molecule has 0 aliphatic heterocycles. The Balaban J connectivity index is 1.47. The van der Waals surface area contributed by atoms with Gasteiger partial charge in [0.1, 0.15) is 12.1 Å². The summed E-state index contributed by atoms with van der Waals surface area (Å²) in [5.74, 6) is 0.466. The lowest BCUT2D eigenvalue weighted by atomic mass is 10.1. The number of rotatable bonds is 6. The van der Waals surface area contributed by atoms with Gasteiger partial charge >= 0.3 is 0 Å². The van der Waals surface area contributed by atoms with Crippen LogP contribution in [-0.4, -0.2) is 34.5 Å². The second kappa shape index (κ2) is 7.33. The lowest BCUT2D eigenvalue weighted by molar-refractivity contribution is 0.0955. The quantitative estimate of drug-likeness (QED) is 0.490. The first-order chi connectivity index (χ1) is 13.2. The van der Waals surface area contributed by atoms with Crippen molar-refractivity contribution in [2.75, 3.05) is 18.9 Å². The van der Waals surface area contributed by atoms with Crippen molar-refractivity contribution in [3.05, 3.63) is 66.2 Å². The summed E-state index contributed by atoms with van der Waals surface area (Å²) in [6, 6.07) is 11.6. The van der Waals surface area contributed by atoms with Crippen LogP contribution >= 0.6 is 0 Å². The van der Waals surface area contributed by atoms with Gasteiger partial charge in [-0.3, -0.25) is 4.79 Å². The molecule has 0 saturated carbocycles. The fourth-order valence-corrected chi connectivity index (χ4v) is 2.89. The highest BCUT2D eigenvalue weighted by atomic mass is 16.3. The van der Waals surface area contributed by atoms with Crippen LogP contribution < -0.4 is 10.6 Å². The third-order valence-electron chi connectivity index (χ3n) is 4.37. The molecule has 3 N–H and O–H groups in total. The average molecular weight is 361 g/mol. The maximum atomic E-state index is 12.6. The van der Waals surface area contributed by atoms with E-state index >= 15 is 0 Å². The summed E-state index contributed by atoms with van der Waals surface area (Å²) in [7, 11) is 1.89. The minimum atomic E-state index is -0.156. The Morgan fingerprint density at radius 1 is 1.19 bits per heavy atom. The number of nitrogens with one attached hydrogen (secondary N) is 3. The lowest BCUT2D eigenvalue weighted by Gasteiger charge is -2.07. The Hall–Kier alpha value is -3.61. The smallest absolute Gasteiger partial charge is 0.253 e. The standard InChI is InChI=1S/C20H19N5O2/c1-21-15-4-2-13(3-5-15)6-9-23-20(26)16-7-10-22-19-17(16)24-18(25-19)14-8-11-27-12-14/h2-5,7-8,10-12,21H,6,9H2,1H3,(H,23,26)(H,22,24,25). The van der Waals surface area contributed by atoms with Crippen molar-refractivity contribution in [3.63, 3.8) is 0 Å². The Kier molecular flexibility index (Phi) is 4.57. The van der Waals surface area contributed by atoms with E-state index in [9.17, 15) is 4.79 Å². The van der Waals surface area contributed by atoms with Gasteiger partial charge in [0, 0.05) is 25.5 Å². The number of amides is 1. The highest BCUT2D eigenvalue weighted by Gasteiger charge is 2.15. The zero-order valence-corrected chi connectivity index (χ0v) is 14.8. The van der Waals surface area contributed by atoms with Crippen LogP contribution in [0.4, 0.5) is 5.69 Å². The van der Waals surface area contributed by atoms with E-state index in [1.165, 1.54) is 0 Å². The average Bonchev–Trinajstić information content (AvgIpc) is 3.37. The third-order valence-corrected chi connectivity index (χ3v) is 4.37. The summed E-state index contributed by atoms with van der Waals surface area (Å²) in [5.41, 5.74) is 4.68. The minimum absolute atomic E-state index is 0.156. The van der Waals surface area contributed by atoms with Gasteiger partial charge in [0.15, 0.2) is 5.65 Å². The molecule has 1 amide bonds. The number of H-pyrrole nitrogens is 1. The van der Waals surface area contributed by atoms with Crippen molar-refractivity contribution < 1.29 is 9.21 Å². The van der Waals surface area contributed by atoms with Gasteiger partial charge in [0.05, 0.1) is 22.9 Å². The van der Waals surface area contributed by atoms with E-state index in [0.29, 0.717) is 29.1 Å². The Labute approximate surface area is 155 Å². The number of hydrogen-bond donors (Lipinski definition) is 3. The number of nitrogens with zero attached hydrogens (tertiary/aromatic N) is 2. The van der Waals surface area contributed by atoms with Crippen molar-refractivity contribution in [2.24, 2.45) is 0 Å². The molecule has 0 spiro atoms. The summed E-state index contributed by atoms with van der Waals surface area (Å²) in [6.45, 7) is 0.546. The number of aromatic nitrogens is 3. The van der Waals surface area contributed by atoms with Crippen molar-refractivity contribution in [1.82, 2.24) is 20.3 Å².